The van der Waals surface area contributed by atoms with E-state index in [0.717, 1.165) is 29.8 Å². The van der Waals surface area contributed by atoms with Crippen LogP contribution in [-0.4, -0.2) is 64.7 Å². The fraction of sp³-hybridized carbons (Fsp3) is 0.400. The molecule has 2 heterocycles. The summed E-state index contributed by atoms with van der Waals surface area (Å²) in [6, 6.07) is 11.4. The van der Waals surface area contributed by atoms with E-state index in [1.54, 1.807) is 50.4 Å². The van der Waals surface area contributed by atoms with Crippen molar-refractivity contribution in [2.24, 2.45) is 0 Å². The molecular weight excluding hydrogens is 420 g/mol. The van der Waals surface area contributed by atoms with Crippen LogP contribution in [0.4, 0.5) is 0 Å². The average molecular weight is 451 g/mol. The van der Waals surface area contributed by atoms with Gasteiger partial charge >= 0.3 is 5.69 Å². The molecule has 1 aliphatic heterocycles. The van der Waals surface area contributed by atoms with Crippen LogP contribution in [0.3, 0.4) is 0 Å². The first-order chi connectivity index (χ1) is 15.8. The standard InChI is InChI=1S/C25H30N4O4/c1-5-26-12-14-27(15-13-26)23(30)18(3)28-22-11-6-17(2)16-21(22)24(31)29(25(28)32)19-7-9-20(33-4)10-8-19/h6-11,16,18H,5,12-15H2,1-4H3/t18-/m0/s1. The van der Waals surface area contributed by atoms with E-state index in [2.05, 4.69) is 11.8 Å². The third kappa shape index (κ3) is 4.18. The molecule has 0 radical (unpaired) electrons. The number of methoxy groups -OCH3 is 1. The molecule has 33 heavy (non-hydrogen) atoms. The molecule has 8 nitrogen and oxygen atoms in total. The van der Waals surface area contributed by atoms with Crippen LogP contribution in [0.15, 0.2) is 52.1 Å². The van der Waals surface area contributed by atoms with Gasteiger partial charge in [-0.3, -0.25) is 14.2 Å². The zero-order valence-electron chi connectivity index (χ0n) is 19.6. The van der Waals surface area contributed by atoms with Crippen LogP contribution < -0.4 is 16.0 Å². The fourth-order valence-corrected chi connectivity index (χ4v) is 4.44. The highest BCUT2D eigenvalue weighted by molar-refractivity contribution is 5.85. The molecule has 0 spiro atoms. The normalized spacial score (nSPS) is 15.6. The van der Waals surface area contributed by atoms with Crippen molar-refractivity contribution < 1.29 is 9.53 Å². The van der Waals surface area contributed by atoms with Gasteiger partial charge in [-0.15, -0.1) is 0 Å². The highest BCUT2D eigenvalue weighted by Gasteiger charge is 2.28. The van der Waals surface area contributed by atoms with E-state index in [4.69, 9.17) is 4.74 Å². The smallest absolute Gasteiger partial charge is 0.336 e. The number of aryl methyl sites for hydroxylation is 1. The first-order valence-electron chi connectivity index (χ1n) is 11.3. The molecule has 3 aromatic rings. The van der Waals surface area contributed by atoms with Gasteiger partial charge in [-0.1, -0.05) is 18.6 Å². The number of ether oxygens (including phenoxy) is 1. The Hall–Kier alpha value is -3.39. The van der Waals surface area contributed by atoms with Gasteiger partial charge in [0.05, 0.1) is 23.7 Å². The minimum Gasteiger partial charge on any atom is -0.497 e. The van der Waals surface area contributed by atoms with Gasteiger partial charge in [0.15, 0.2) is 0 Å². The fourth-order valence-electron chi connectivity index (χ4n) is 4.44. The SMILES string of the molecule is CCN1CCN(C(=O)[C@H](C)n2c(=O)n(-c3ccc(OC)cc3)c(=O)c3cc(C)ccc32)CC1. The molecule has 1 saturated heterocycles. The number of rotatable bonds is 5. The van der Waals surface area contributed by atoms with Crippen LogP contribution in [0.2, 0.25) is 0 Å². The number of likely N-dealkylation sites (N-methyl/N-ethyl adjacent to an activating group) is 1. The van der Waals surface area contributed by atoms with Crippen LogP contribution in [-0.2, 0) is 4.79 Å². The molecule has 0 saturated carbocycles. The Kier molecular flexibility index (Phi) is 6.37. The predicted octanol–water partition coefficient (Wildman–Crippen LogP) is 2.19. The summed E-state index contributed by atoms with van der Waals surface area (Å²) in [7, 11) is 1.56. The molecule has 1 fully saturated rings. The Morgan fingerprint density at radius 3 is 2.30 bits per heavy atom. The average Bonchev–Trinajstić information content (AvgIpc) is 2.84. The lowest BCUT2D eigenvalue weighted by atomic mass is 10.1. The molecule has 0 N–H and O–H groups in total. The first kappa shape index (κ1) is 22.8. The van der Waals surface area contributed by atoms with Gasteiger partial charge in [0.2, 0.25) is 5.91 Å². The zero-order valence-corrected chi connectivity index (χ0v) is 19.6. The van der Waals surface area contributed by atoms with Crippen LogP contribution in [0, 0.1) is 6.92 Å². The Bertz CT molecular complexity index is 1280. The third-order valence-electron chi connectivity index (χ3n) is 6.45. The second-order valence-corrected chi connectivity index (χ2v) is 8.45. The molecule has 1 aromatic heterocycles. The number of hydrogen-bond acceptors (Lipinski definition) is 5. The number of carbonyl (C=O) groups excluding carboxylic acids is 1. The first-order valence-corrected chi connectivity index (χ1v) is 11.3. The molecule has 0 bridgehead atoms. The summed E-state index contributed by atoms with van der Waals surface area (Å²) in [5, 5.41) is 0.404. The number of nitrogens with zero attached hydrogens (tertiary/aromatic N) is 4. The Balaban J connectivity index is 1.86. The Morgan fingerprint density at radius 2 is 1.70 bits per heavy atom. The molecule has 0 unspecified atom stereocenters. The van der Waals surface area contributed by atoms with Crippen LogP contribution >= 0.6 is 0 Å². The van der Waals surface area contributed by atoms with Crippen molar-refractivity contribution in [3.63, 3.8) is 0 Å². The number of benzene rings is 2. The van der Waals surface area contributed by atoms with Gasteiger partial charge in [0.1, 0.15) is 11.8 Å². The van der Waals surface area contributed by atoms with E-state index >= 15 is 0 Å². The van der Waals surface area contributed by atoms with Crippen molar-refractivity contribution in [3.05, 3.63) is 68.9 Å². The lowest BCUT2D eigenvalue weighted by Gasteiger charge is -2.35. The molecule has 4 rings (SSSR count). The highest BCUT2D eigenvalue weighted by Crippen LogP contribution is 2.19. The highest BCUT2D eigenvalue weighted by atomic mass is 16.5. The number of piperazine rings is 1. The molecule has 0 aliphatic carbocycles. The molecule has 2 aromatic carbocycles. The van der Waals surface area contributed by atoms with Gasteiger partial charge in [-0.2, -0.15) is 0 Å². The van der Waals surface area contributed by atoms with Crippen molar-refractivity contribution in [2.45, 2.75) is 26.8 Å². The van der Waals surface area contributed by atoms with Crippen molar-refractivity contribution in [1.82, 2.24) is 18.9 Å². The zero-order chi connectivity index (χ0) is 23.7. The van der Waals surface area contributed by atoms with Crippen molar-refractivity contribution >= 4 is 16.8 Å². The van der Waals surface area contributed by atoms with E-state index < -0.39 is 17.3 Å². The summed E-state index contributed by atoms with van der Waals surface area (Å²) in [5.41, 5.74) is 0.860. The van der Waals surface area contributed by atoms with Crippen molar-refractivity contribution in [3.8, 4) is 11.4 Å². The second-order valence-electron chi connectivity index (χ2n) is 8.45. The Morgan fingerprint density at radius 1 is 1.03 bits per heavy atom. The maximum atomic E-state index is 13.7. The minimum atomic E-state index is -0.749. The summed E-state index contributed by atoms with van der Waals surface area (Å²) in [6.07, 6.45) is 0. The number of carbonyl (C=O) groups is 1. The summed E-state index contributed by atoms with van der Waals surface area (Å²) in [4.78, 5) is 44.6. The molecule has 1 amide bonds. The van der Waals surface area contributed by atoms with E-state index in [0.29, 0.717) is 35.4 Å². The van der Waals surface area contributed by atoms with Crippen molar-refractivity contribution in [2.75, 3.05) is 39.8 Å². The molecule has 1 aliphatic rings. The monoisotopic (exact) mass is 450 g/mol. The topological polar surface area (TPSA) is 76.8 Å². The number of hydrogen-bond donors (Lipinski definition) is 0. The van der Waals surface area contributed by atoms with Gasteiger partial charge in [-0.05, 0) is 56.8 Å². The number of amides is 1. The maximum Gasteiger partial charge on any atom is 0.336 e. The molecule has 1 atom stereocenters. The quantitative estimate of drug-likeness (QED) is 0.596. The summed E-state index contributed by atoms with van der Waals surface area (Å²) >= 11 is 0. The third-order valence-corrected chi connectivity index (χ3v) is 6.45. The second kappa shape index (κ2) is 9.23. The molecular formula is C25H30N4O4. The van der Waals surface area contributed by atoms with Gasteiger partial charge in [0.25, 0.3) is 5.56 Å². The largest absolute Gasteiger partial charge is 0.497 e. The summed E-state index contributed by atoms with van der Waals surface area (Å²) < 4.78 is 7.80. The van der Waals surface area contributed by atoms with E-state index in [9.17, 15) is 14.4 Å². The maximum absolute atomic E-state index is 13.7. The lowest BCUT2D eigenvalue weighted by molar-refractivity contribution is -0.136. The van der Waals surface area contributed by atoms with E-state index in [1.165, 1.54) is 4.57 Å². The lowest BCUT2D eigenvalue weighted by Crippen LogP contribution is -2.51. The van der Waals surface area contributed by atoms with E-state index in [-0.39, 0.29) is 5.91 Å². The summed E-state index contributed by atoms with van der Waals surface area (Å²) in [6.45, 7) is 9.57. The molecule has 174 valence electrons. The number of fused-ring (bicyclic) bond motifs is 1. The predicted molar refractivity (Wildman–Crippen MR) is 128 cm³/mol. The van der Waals surface area contributed by atoms with Crippen LogP contribution in [0.25, 0.3) is 16.6 Å². The van der Waals surface area contributed by atoms with Crippen LogP contribution in [0.1, 0.15) is 25.5 Å². The Labute approximate surface area is 192 Å². The van der Waals surface area contributed by atoms with E-state index in [1.807, 2.05) is 17.9 Å². The molecule has 8 heteroatoms. The van der Waals surface area contributed by atoms with Gasteiger partial charge in [-0.25, -0.2) is 9.36 Å². The minimum absolute atomic E-state index is 0.116. The van der Waals surface area contributed by atoms with Crippen molar-refractivity contribution in [1.29, 1.82) is 0 Å². The van der Waals surface area contributed by atoms with Gasteiger partial charge in [0, 0.05) is 26.2 Å². The number of aromatic nitrogens is 2. The van der Waals surface area contributed by atoms with Crippen LogP contribution in [0.5, 0.6) is 5.75 Å². The van der Waals surface area contributed by atoms with Gasteiger partial charge < -0.3 is 14.5 Å². The summed E-state index contributed by atoms with van der Waals surface area (Å²) in [5.74, 6) is 0.508.